The van der Waals surface area contributed by atoms with Crippen molar-refractivity contribution in [1.82, 2.24) is 4.90 Å². The second-order valence-electron chi connectivity index (χ2n) is 7.07. The average Bonchev–Trinajstić information content (AvgIpc) is 3.50. The van der Waals surface area contributed by atoms with Gasteiger partial charge in [-0.25, -0.2) is 0 Å². The first-order valence-electron chi connectivity index (χ1n) is 9.08. The first-order chi connectivity index (χ1) is 12.6. The highest BCUT2D eigenvalue weighted by Gasteiger charge is 2.32. The normalized spacial score (nSPS) is 13.3. The summed E-state index contributed by atoms with van der Waals surface area (Å²) in [6, 6.07) is 17.7. The second kappa shape index (κ2) is 8.05. The minimum absolute atomic E-state index is 0.00444. The molecule has 4 heteroatoms. The lowest BCUT2D eigenvalue weighted by Crippen LogP contribution is -2.36. The average molecular weight is 348 g/mol. The molecule has 0 aromatic heterocycles. The Morgan fingerprint density at radius 1 is 1.15 bits per heavy atom. The van der Waals surface area contributed by atoms with Crippen molar-refractivity contribution in [3.8, 4) is 11.8 Å². The van der Waals surface area contributed by atoms with Gasteiger partial charge in [0.1, 0.15) is 5.75 Å². The standard InChI is InChI=1S/C22H24N2O2/c1-16(2)19-7-3-18(4-8-19)14-24(20-9-10-20)22(25)15-26-21-11-5-17(13-23)6-12-21/h3-8,11-12,16,20H,9-10,14-15H2,1-2H3. The zero-order valence-corrected chi connectivity index (χ0v) is 15.3. The quantitative estimate of drug-likeness (QED) is 0.751. The number of carbonyl (C=O) groups is 1. The van der Waals surface area contributed by atoms with Crippen LogP contribution in [0, 0.1) is 11.3 Å². The van der Waals surface area contributed by atoms with Gasteiger partial charge in [-0.2, -0.15) is 5.26 Å². The molecule has 1 aliphatic carbocycles. The van der Waals surface area contributed by atoms with Crippen molar-refractivity contribution in [3.05, 3.63) is 65.2 Å². The highest BCUT2D eigenvalue weighted by Crippen LogP contribution is 2.29. The van der Waals surface area contributed by atoms with E-state index in [1.54, 1.807) is 24.3 Å². The van der Waals surface area contributed by atoms with Crippen molar-refractivity contribution in [2.75, 3.05) is 6.61 Å². The third-order valence-corrected chi connectivity index (χ3v) is 4.65. The van der Waals surface area contributed by atoms with E-state index < -0.39 is 0 Å². The van der Waals surface area contributed by atoms with Crippen LogP contribution in [0.15, 0.2) is 48.5 Å². The maximum Gasteiger partial charge on any atom is 0.261 e. The van der Waals surface area contributed by atoms with Crippen LogP contribution in [0.5, 0.6) is 5.75 Å². The topological polar surface area (TPSA) is 53.3 Å². The lowest BCUT2D eigenvalue weighted by atomic mass is 10.0. The van der Waals surface area contributed by atoms with Crippen LogP contribution in [-0.2, 0) is 11.3 Å². The van der Waals surface area contributed by atoms with E-state index in [-0.39, 0.29) is 12.5 Å². The van der Waals surface area contributed by atoms with Crippen molar-refractivity contribution in [1.29, 1.82) is 5.26 Å². The van der Waals surface area contributed by atoms with Crippen molar-refractivity contribution >= 4 is 5.91 Å². The number of hydrogen-bond donors (Lipinski definition) is 0. The summed E-state index contributed by atoms with van der Waals surface area (Å²) in [6.07, 6.45) is 2.12. The molecule has 0 radical (unpaired) electrons. The van der Waals surface area contributed by atoms with Crippen LogP contribution >= 0.6 is 0 Å². The lowest BCUT2D eigenvalue weighted by Gasteiger charge is -2.23. The fourth-order valence-corrected chi connectivity index (χ4v) is 2.87. The van der Waals surface area contributed by atoms with Crippen LogP contribution in [0.3, 0.4) is 0 Å². The molecular weight excluding hydrogens is 324 g/mol. The molecule has 1 amide bonds. The van der Waals surface area contributed by atoms with Crippen molar-refractivity contribution in [2.45, 2.75) is 45.2 Å². The number of amides is 1. The molecule has 0 bridgehead atoms. The molecule has 26 heavy (non-hydrogen) atoms. The van der Waals surface area contributed by atoms with E-state index in [9.17, 15) is 4.79 Å². The fourth-order valence-electron chi connectivity index (χ4n) is 2.87. The molecule has 0 unspecified atom stereocenters. The van der Waals surface area contributed by atoms with Gasteiger partial charge in [0, 0.05) is 12.6 Å². The second-order valence-corrected chi connectivity index (χ2v) is 7.07. The van der Waals surface area contributed by atoms with Crippen LogP contribution in [0.4, 0.5) is 0 Å². The molecule has 4 nitrogen and oxygen atoms in total. The molecule has 0 spiro atoms. The smallest absolute Gasteiger partial charge is 0.261 e. The summed E-state index contributed by atoms with van der Waals surface area (Å²) in [6.45, 7) is 5.00. The van der Waals surface area contributed by atoms with Crippen LogP contribution in [0.25, 0.3) is 0 Å². The molecule has 0 aliphatic heterocycles. The monoisotopic (exact) mass is 348 g/mol. The molecule has 134 valence electrons. The van der Waals surface area contributed by atoms with Crippen molar-refractivity contribution < 1.29 is 9.53 Å². The Hall–Kier alpha value is -2.80. The zero-order chi connectivity index (χ0) is 18.5. The van der Waals surface area contributed by atoms with E-state index in [1.807, 2.05) is 4.90 Å². The predicted octanol–water partition coefficient (Wildman–Crippen LogP) is 4.25. The summed E-state index contributed by atoms with van der Waals surface area (Å²) in [4.78, 5) is 14.6. The predicted molar refractivity (Wildman–Crippen MR) is 101 cm³/mol. The van der Waals surface area contributed by atoms with Crippen molar-refractivity contribution in [3.63, 3.8) is 0 Å². The molecule has 0 saturated heterocycles. The Bertz CT molecular complexity index is 784. The van der Waals surface area contributed by atoms with Crippen molar-refractivity contribution in [2.24, 2.45) is 0 Å². The van der Waals surface area contributed by atoms with Crippen LogP contribution in [-0.4, -0.2) is 23.5 Å². The molecule has 0 heterocycles. The van der Waals surface area contributed by atoms with Gasteiger partial charge in [0.25, 0.3) is 5.91 Å². The fraction of sp³-hybridized carbons (Fsp3) is 0.364. The molecular formula is C22H24N2O2. The largest absolute Gasteiger partial charge is 0.484 e. The lowest BCUT2D eigenvalue weighted by molar-refractivity contribution is -0.134. The molecule has 0 atom stereocenters. The van der Waals surface area contributed by atoms with E-state index in [0.29, 0.717) is 29.8 Å². The molecule has 2 aromatic carbocycles. The van der Waals surface area contributed by atoms with Gasteiger partial charge in [-0.05, 0) is 54.2 Å². The minimum Gasteiger partial charge on any atom is -0.484 e. The maximum atomic E-state index is 12.6. The van der Waals surface area contributed by atoms with Gasteiger partial charge in [0.05, 0.1) is 11.6 Å². The van der Waals surface area contributed by atoms with Gasteiger partial charge in [0.2, 0.25) is 0 Å². The molecule has 2 aromatic rings. The highest BCUT2D eigenvalue weighted by atomic mass is 16.5. The van der Waals surface area contributed by atoms with E-state index >= 15 is 0 Å². The Balaban J connectivity index is 1.60. The molecule has 3 rings (SSSR count). The van der Waals surface area contributed by atoms with E-state index in [1.165, 1.54) is 5.56 Å². The molecule has 1 aliphatic rings. The third-order valence-electron chi connectivity index (χ3n) is 4.65. The third kappa shape index (κ3) is 4.64. The summed E-state index contributed by atoms with van der Waals surface area (Å²) >= 11 is 0. The van der Waals surface area contributed by atoms with Gasteiger partial charge in [-0.3, -0.25) is 4.79 Å². The zero-order valence-electron chi connectivity index (χ0n) is 15.3. The van der Waals surface area contributed by atoms with Gasteiger partial charge in [0.15, 0.2) is 6.61 Å². The number of carbonyl (C=O) groups excluding carboxylic acids is 1. The maximum absolute atomic E-state index is 12.6. The Labute approximate surface area is 155 Å². The Morgan fingerprint density at radius 3 is 2.35 bits per heavy atom. The number of benzene rings is 2. The summed E-state index contributed by atoms with van der Waals surface area (Å²) in [5.74, 6) is 1.12. The highest BCUT2D eigenvalue weighted by molar-refractivity contribution is 5.78. The molecule has 0 N–H and O–H groups in total. The number of hydrogen-bond acceptors (Lipinski definition) is 3. The number of ether oxygens (including phenoxy) is 1. The number of rotatable bonds is 7. The van der Waals surface area contributed by atoms with Gasteiger partial charge in [-0.15, -0.1) is 0 Å². The molecule has 1 fully saturated rings. The van der Waals surface area contributed by atoms with E-state index in [4.69, 9.17) is 10.00 Å². The van der Waals surface area contributed by atoms with E-state index in [2.05, 4.69) is 44.2 Å². The van der Waals surface area contributed by atoms with Crippen LogP contribution in [0.1, 0.15) is 49.3 Å². The molecule has 1 saturated carbocycles. The Morgan fingerprint density at radius 2 is 1.81 bits per heavy atom. The van der Waals surface area contributed by atoms with Gasteiger partial charge < -0.3 is 9.64 Å². The summed E-state index contributed by atoms with van der Waals surface area (Å²) in [5, 5.41) is 8.82. The minimum atomic E-state index is 0.00444. The van der Waals surface area contributed by atoms with Gasteiger partial charge >= 0.3 is 0 Å². The SMILES string of the molecule is CC(C)c1ccc(CN(C(=O)COc2ccc(C#N)cc2)C2CC2)cc1. The van der Waals surface area contributed by atoms with Gasteiger partial charge in [-0.1, -0.05) is 38.1 Å². The van der Waals surface area contributed by atoms with E-state index in [0.717, 1.165) is 18.4 Å². The van der Waals surface area contributed by atoms with Crippen LogP contribution in [0.2, 0.25) is 0 Å². The summed E-state index contributed by atoms with van der Waals surface area (Å²) < 4.78 is 5.61. The number of nitriles is 1. The number of nitrogens with zero attached hydrogens (tertiary/aromatic N) is 2. The summed E-state index contributed by atoms with van der Waals surface area (Å²) in [5.41, 5.74) is 3.03. The summed E-state index contributed by atoms with van der Waals surface area (Å²) in [7, 11) is 0. The Kier molecular flexibility index (Phi) is 5.58. The first kappa shape index (κ1) is 18.0. The van der Waals surface area contributed by atoms with Crippen LogP contribution < -0.4 is 4.74 Å². The first-order valence-corrected chi connectivity index (χ1v) is 9.08.